The zero-order valence-electron chi connectivity index (χ0n) is 13.0. The van der Waals surface area contributed by atoms with Crippen LogP contribution >= 0.6 is 0 Å². The van der Waals surface area contributed by atoms with Crippen LogP contribution in [0.25, 0.3) is 11.0 Å². The summed E-state index contributed by atoms with van der Waals surface area (Å²) >= 11 is 0. The average Bonchev–Trinajstić information content (AvgIpc) is 2.50. The van der Waals surface area contributed by atoms with Gasteiger partial charge in [-0.05, 0) is 31.5 Å². The molecule has 23 heavy (non-hydrogen) atoms. The lowest BCUT2D eigenvalue weighted by Crippen LogP contribution is -2.39. The third-order valence-electron chi connectivity index (χ3n) is 3.58. The molecule has 122 valence electrons. The average molecular weight is 319 g/mol. The third kappa shape index (κ3) is 3.50. The van der Waals surface area contributed by atoms with Crippen molar-refractivity contribution in [2.75, 3.05) is 7.11 Å². The summed E-state index contributed by atoms with van der Waals surface area (Å²) in [6.07, 6.45) is -0.242. The number of carboxylic acids is 1. The highest BCUT2D eigenvalue weighted by Crippen LogP contribution is 2.24. The van der Waals surface area contributed by atoms with Gasteiger partial charge in [0.15, 0.2) is 0 Å². The van der Waals surface area contributed by atoms with E-state index in [1.54, 1.807) is 25.1 Å². The first-order valence-corrected chi connectivity index (χ1v) is 6.96. The number of carbonyl (C=O) groups is 2. The van der Waals surface area contributed by atoms with Crippen LogP contribution in [0, 0.1) is 6.92 Å². The maximum Gasteiger partial charge on any atom is 0.340 e. The van der Waals surface area contributed by atoms with E-state index in [1.807, 2.05) is 0 Å². The summed E-state index contributed by atoms with van der Waals surface area (Å²) in [7, 11) is 1.51. The van der Waals surface area contributed by atoms with Crippen LogP contribution in [-0.2, 0) is 16.0 Å². The molecule has 0 aliphatic carbocycles. The van der Waals surface area contributed by atoms with Gasteiger partial charge in [-0.1, -0.05) is 0 Å². The molecule has 0 radical (unpaired) electrons. The number of benzene rings is 1. The van der Waals surface area contributed by atoms with Crippen LogP contribution in [0.2, 0.25) is 0 Å². The summed E-state index contributed by atoms with van der Waals surface area (Å²) in [5.41, 5.74) is 0.575. The first kappa shape index (κ1) is 16.5. The molecule has 1 atom stereocenters. The molecular formula is C16H17NO6. The SMILES string of the molecule is COc1ccc2c(C)c(CC(=O)NC(C)C(=O)O)c(=O)oc2c1. The fourth-order valence-electron chi connectivity index (χ4n) is 2.22. The summed E-state index contributed by atoms with van der Waals surface area (Å²) in [6, 6.07) is 4.04. The molecule has 0 bridgehead atoms. The summed E-state index contributed by atoms with van der Waals surface area (Å²) in [5.74, 6) is -1.14. The van der Waals surface area contributed by atoms with Gasteiger partial charge >= 0.3 is 11.6 Å². The van der Waals surface area contributed by atoms with Gasteiger partial charge in [-0.15, -0.1) is 0 Å². The number of nitrogens with one attached hydrogen (secondary N) is 1. The Kier molecular flexibility index (Phi) is 4.68. The van der Waals surface area contributed by atoms with Crippen LogP contribution in [0.3, 0.4) is 0 Å². The zero-order valence-corrected chi connectivity index (χ0v) is 13.0. The molecule has 7 nitrogen and oxygen atoms in total. The summed E-state index contributed by atoms with van der Waals surface area (Å²) in [4.78, 5) is 34.7. The van der Waals surface area contributed by atoms with Crippen molar-refractivity contribution >= 4 is 22.8 Å². The number of carboxylic acid groups (broad SMARTS) is 1. The lowest BCUT2D eigenvalue weighted by Gasteiger charge is -2.11. The standard InChI is InChI=1S/C16H17NO6/c1-8-11-5-4-10(22-3)6-13(11)23-16(21)12(8)7-14(18)17-9(2)15(19)20/h4-6,9H,7H2,1-3H3,(H,17,18)(H,19,20). The topological polar surface area (TPSA) is 106 Å². The third-order valence-corrected chi connectivity index (χ3v) is 3.58. The van der Waals surface area contributed by atoms with Gasteiger partial charge in [0.05, 0.1) is 19.1 Å². The molecule has 0 aliphatic heterocycles. The molecule has 0 saturated carbocycles. The van der Waals surface area contributed by atoms with Crippen molar-refractivity contribution in [3.8, 4) is 5.75 Å². The van der Waals surface area contributed by atoms with Gasteiger partial charge in [0.2, 0.25) is 5.91 Å². The molecule has 1 heterocycles. The molecule has 2 rings (SSSR count). The highest BCUT2D eigenvalue weighted by atomic mass is 16.5. The molecule has 7 heteroatoms. The van der Waals surface area contributed by atoms with Crippen molar-refractivity contribution in [2.45, 2.75) is 26.3 Å². The van der Waals surface area contributed by atoms with Gasteiger partial charge in [0.25, 0.3) is 0 Å². The zero-order chi connectivity index (χ0) is 17.1. The molecule has 0 fully saturated rings. The van der Waals surface area contributed by atoms with Crippen LogP contribution < -0.4 is 15.7 Å². The maximum atomic E-state index is 12.1. The van der Waals surface area contributed by atoms with E-state index in [1.165, 1.54) is 14.0 Å². The fraction of sp³-hybridized carbons (Fsp3) is 0.312. The van der Waals surface area contributed by atoms with Gasteiger partial charge in [-0.25, -0.2) is 4.79 Å². The number of methoxy groups -OCH3 is 1. The monoisotopic (exact) mass is 319 g/mol. The lowest BCUT2D eigenvalue weighted by atomic mass is 10.0. The molecule has 1 aromatic heterocycles. The molecule has 2 N–H and O–H groups in total. The van der Waals surface area contributed by atoms with E-state index in [4.69, 9.17) is 14.3 Å². The van der Waals surface area contributed by atoms with Crippen LogP contribution in [0.1, 0.15) is 18.1 Å². The number of fused-ring (bicyclic) bond motifs is 1. The van der Waals surface area contributed by atoms with Gasteiger partial charge in [0, 0.05) is 11.5 Å². The van der Waals surface area contributed by atoms with Crippen molar-refractivity contribution in [1.29, 1.82) is 0 Å². The Bertz CT molecular complexity index is 823. The lowest BCUT2D eigenvalue weighted by molar-refractivity contribution is -0.141. The smallest absolute Gasteiger partial charge is 0.340 e. The predicted molar refractivity (Wildman–Crippen MR) is 82.7 cm³/mol. The fourth-order valence-corrected chi connectivity index (χ4v) is 2.22. The van der Waals surface area contributed by atoms with Crippen LogP contribution in [0.15, 0.2) is 27.4 Å². The number of aryl methyl sites for hydroxylation is 1. The van der Waals surface area contributed by atoms with E-state index in [-0.39, 0.29) is 12.0 Å². The predicted octanol–water partition coefficient (Wildman–Crippen LogP) is 1.24. The van der Waals surface area contributed by atoms with E-state index < -0.39 is 23.5 Å². The molecule has 0 spiro atoms. The van der Waals surface area contributed by atoms with Crippen molar-refractivity contribution in [3.63, 3.8) is 0 Å². The first-order chi connectivity index (χ1) is 10.8. The van der Waals surface area contributed by atoms with Crippen LogP contribution in [0.4, 0.5) is 0 Å². The van der Waals surface area contributed by atoms with Gasteiger partial charge in [0.1, 0.15) is 17.4 Å². The van der Waals surface area contributed by atoms with E-state index in [0.29, 0.717) is 22.3 Å². The second-order valence-corrected chi connectivity index (χ2v) is 5.16. The minimum atomic E-state index is -1.15. The van der Waals surface area contributed by atoms with E-state index in [9.17, 15) is 14.4 Å². The largest absolute Gasteiger partial charge is 0.497 e. The maximum absolute atomic E-state index is 12.1. The van der Waals surface area contributed by atoms with Gasteiger partial charge in [-0.2, -0.15) is 0 Å². The Morgan fingerprint density at radius 3 is 2.70 bits per heavy atom. The molecule has 2 aromatic rings. The number of amides is 1. The Morgan fingerprint density at radius 1 is 1.39 bits per heavy atom. The minimum absolute atomic E-state index is 0.206. The Hall–Kier alpha value is -2.83. The number of hydrogen-bond donors (Lipinski definition) is 2. The van der Waals surface area contributed by atoms with Crippen molar-refractivity contribution < 1.29 is 23.8 Å². The van der Waals surface area contributed by atoms with Gasteiger partial charge in [-0.3, -0.25) is 9.59 Å². The highest BCUT2D eigenvalue weighted by molar-refractivity contribution is 5.87. The number of carbonyl (C=O) groups excluding carboxylic acids is 1. The molecule has 1 amide bonds. The van der Waals surface area contributed by atoms with Crippen molar-refractivity contribution in [2.24, 2.45) is 0 Å². The second kappa shape index (κ2) is 6.51. The molecule has 1 unspecified atom stereocenters. The summed E-state index contributed by atoms with van der Waals surface area (Å²) < 4.78 is 10.3. The highest BCUT2D eigenvalue weighted by Gasteiger charge is 2.18. The molecular weight excluding hydrogens is 302 g/mol. The van der Waals surface area contributed by atoms with Crippen molar-refractivity contribution in [1.82, 2.24) is 5.32 Å². The van der Waals surface area contributed by atoms with Crippen molar-refractivity contribution in [3.05, 3.63) is 39.7 Å². The van der Waals surface area contributed by atoms with E-state index >= 15 is 0 Å². The summed E-state index contributed by atoms with van der Waals surface area (Å²) in [6.45, 7) is 3.07. The number of rotatable bonds is 5. The van der Waals surface area contributed by atoms with E-state index in [0.717, 1.165) is 0 Å². The molecule has 0 saturated heterocycles. The summed E-state index contributed by atoms with van der Waals surface area (Å²) in [5, 5.41) is 11.8. The number of aliphatic carboxylic acids is 1. The van der Waals surface area contributed by atoms with Crippen LogP contribution in [-0.4, -0.2) is 30.1 Å². The Labute approximate surface area is 131 Å². The van der Waals surface area contributed by atoms with E-state index in [2.05, 4.69) is 5.32 Å². The molecule has 0 aliphatic rings. The number of ether oxygens (including phenoxy) is 1. The van der Waals surface area contributed by atoms with Crippen LogP contribution in [0.5, 0.6) is 5.75 Å². The second-order valence-electron chi connectivity index (χ2n) is 5.16. The minimum Gasteiger partial charge on any atom is -0.497 e. The van der Waals surface area contributed by atoms with Gasteiger partial charge < -0.3 is 19.6 Å². The number of hydrogen-bond acceptors (Lipinski definition) is 5. The Balaban J connectivity index is 2.36. The quantitative estimate of drug-likeness (QED) is 0.803. The first-order valence-electron chi connectivity index (χ1n) is 6.96. The molecule has 1 aromatic carbocycles. The Morgan fingerprint density at radius 2 is 2.09 bits per heavy atom. The normalized spacial score (nSPS) is 12.0.